The Labute approximate surface area is 173 Å². The third-order valence-corrected chi connectivity index (χ3v) is 7.31. The van der Waals surface area contributed by atoms with Crippen LogP contribution >= 0.6 is 23.5 Å². The lowest BCUT2D eigenvalue weighted by atomic mass is 10.1. The van der Waals surface area contributed by atoms with E-state index < -0.39 is 5.97 Å². The maximum absolute atomic E-state index is 11.9. The highest BCUT2D eigenvalue weighted by atomic mass is 32.2. The summed E-state index contributed by atoms with van der Waals surface area (Å²) in [6.45, 7) is 1.86. The smallest absolute Gasteiger partial charge is 0.344 e. The van der Waals surface area contributed by atoms with Gasteiger partial charge in [-0.05, 0) is 24.1 Å². The molecule has 1 fully saturated rings. The molecule has 5 nitrogen and oxygen atoms in total. The molecule has 3 rings (SSSR count). The molecule has 0 bridgehead atoms. The summed E-state index contributed by atoms with van der Waals surface area (Å²) >= 11 is 3.75. The monoisotopic (exact) mass is 417 g/mol. The quantitative estimate of drug-likeness (QED) is 0.661. The number of ether oxygens (including phenoxy) is 2. The summed E-state index contributed by atoms with van der Waals surface area (Å²) in [7, 11) is 0. The van der Waals surface area contributed by atoms with E-state index in [1.54, 1.807) is 0 Å². The fourth-order valence-electron chi connectivity index (χ4n) is 2.72. The van der Waals surface area contributed by atoms with Crippen molar-refractivity contribution in [3.63, 3.8) is 0 Å². The van der Waals surface area contributed by atoms with E-state index in [2.05, 4.69) is 5.32 Å². The second-order valence-corrected chi connectivity index (χ2v) is 8.99. The van der Waals surface area contributed by atoms with Crippen LogP contribution in [0.4, 0.5) is 0 Å². The summed E-state index contributed by atoms with van der Waals surface area (Å²) in [5, 5.41) is 2.75. The summed E-state index contributed by atoms with van der Waals surface area (Å²) in [6, 6.07) is 15.5. The molecule has 2 aromatic rings. The lowest BCUT2D eigenvalue weighted by Gasteiger charge is -2.14. The third kappa shape index (κ3) is 5.94. The molecule has 2 aromatic carbocycles. The second kappa shape index (κ2) is 10.4. The van der Waals surface area contributed by atoms with Crippen molar-refractivity contribution in [2.24, 2.45) is 0 Å². The van der Waals surface area contributed by atoms with E-state index in [0.717, 1.165) is 28.2 Å². The van der Waals surface area contributed by atoms with Crippen LogP contribution in [0.25, 0.3) is 0 Å². The molecule has 0 saturated carbocycles. The fraction of sp³-hybridized carbons (Fsp3) is 0.333. The Bertz CT molecular complexity index is 822. The fourth-order valence-corrected chi connectivity index (χ4v) is 5.63. The van der Waals surface area contributed by atoms with Gasteiger partial charge in [0.25, 0.3) is 5.91 Å². The number of carbonyl (C=O) groups excluding carboxylic acids is 2. The Morgan fingerprint density at radius 2 is 1.75 bits per heavy atom. The molecule has 28 heavy (non-hydrogen) atoms. The van der Waals surface area contributed by atoms with Gasteiger partial charge in [0.15, 0.2) is 13.2 Å². The lowest BCUT2D eigenvalue weighted by Crippen LogP contribution is -2.29. The molecular weight excluding hydrogens is 394 g/mol. The van der Waals surface area contributed by atoms with Crippen LogP contribution in [0.5, 0.6) is 5.75 Å². The van der Waals surface area contributed by atoms with E-state index >= 15 is 0 Å². The van der Waals surface area contributed by atoms with E-state index in [1.165, 1.54) is 0 Å². The number of hydrogen-bond acceptors (Lipinski definition) is 6. The molecule has 1 aliphatic rings. The minimum absolute atomic E-state index is 0.218. The van der Waals surface area contributed by atoms with Crippen molar-refractivity contribution in [3.05, 3.63) is 65.2 Å². The number of aryl methyl sites for hydroxylation is 1. The van der Waals surface area contributed by atoms with Gasteiger partial charge in [0.05, 0.1) is 4.58 Å². The van der Waals surface area contributed by atoms with E-state index in [1.807, 2.05) is 79.0 Å². The van der Waals surface area contributed by atoms with Crippen molar-refractivity contribution in [3.8, 4) is 5.75 Å². The van der Waals surface area contributed by atoms with Crippen LogP contribution in [-0.2, 0) is 20.9 Å². The lowest BCUT2D eigenvalue weighted by molar-refractivity contribution is -0.150. The number of thioether (sulfide) groups is 2. The average Bonchev–Trinajstić information content (AvgIpc) is 3.25. The molecule has 1 aliphatic heterocycles. The van der Waals surface area contributed by atoms with Crippen LogP contribution in [-0.4, -0.2) is 36.6 Å². The van der Waals surface area contributed by atoms with Crippen LogP contribution in [0.2, 0.25) is 0 Å². The number of rotatable bonds is 8. The van der Waals surface area contributed by atoms with Crippen molar-refractivity contribution in [1.29, 1.82) is 0 Å². The molecule has 0 unspecified atom stereocenters. The molecule has 1 amide bonds. The van der Waals surface area contributed by atoms with Crippen LogP contribution < -0.4 is 10.1 Å². The Morgan fingerprint density at radius 1 is 1.04 bits per heavy atom. The molecule has 1 N–H and O–H groups in total. The minimum atomic E-state index is -0.562. The average molecular weight is 418 g/mol. The Morgan fingerprint density at radius 3 is 2.54 bits per heavy atom. The normalized spacial score (nSPS) is 13.9. The molecule has 0 atom stereocenters. The molecule has 0 radical (unpaired) electrons. The van der Waals surface area contributed by atoms with E-state index in [0.29, 0.717) is 16.9 Å². The summed E-state index contributed by atoms with van der Waals surface area (Å²) in [5.74, 6) is 2.02. The molecule has 148 valence electrons. The standard InChI is InChI=1S/C21H23NO4S2/c1-15-6-2-3-7-16(15)12-22-19(23)13-26-20(24)14-25-18-9-5-4-8-17(18)21-27-10-11-28-21/h2-9,21H,10-14H2,1H3,(H,22,23). The highest BCUT2D eigenvalue weighted by molar-refractivity contribution is 8.19. The van der Waals surface area contributed by atoms with Crippen molar-refractivity contribution in [2.75, 3.05) is 24.7 Å². The number of hydrogen-bond donors (Lipinski definition) is 1. The van der Waals surface area contributed by atoms with Gasteiger partial charge in [-0.3, -0.25) is 4.79 Å². The Kier molecular flexibility index (Phi) is 7.68. The molecule has 1 heterocycles. The zero-order valence-corrected chi connectivity index (χ0v) is 17.3. The first-order valence-electron chi connectivity index (χ1n) is 9.05. The van der Waals surface area contributed by atoms with Crippen molar-refractivity contribution in [2.45, 2.75) is 18.1 Å². The molecular formula is C21H23NO4S2. The number of nitrogens with one attached hydrogen (secondary N) is 1. The first-order chi connectivity index (χ1) is 13.6. The van der Waals surface area contributed by atoms with Crippen molar-refractivity contribution < 1.29 is 19.1 Å². The predicted molar refractivity (Wildman–Crippen MR) is 114 cm³/mol. The van der Waals surface area contributed by atoms with E-state index in [-0.39, 0.29) is 19.1 Å². The minimum Gasteiger partial charge on any atom is -0.482 e. The van der Waals surface area contributed by atoms with Crippen molar-refractivity contribution in [1.82, 2.24) is 5.32 Å². The van der Waals surface area contributed by atoms with Gasteiger partial charge >= 0.3 is 5.97 Å². The first kappa shape index (κ1) is 20.6. The largest absolute Gasteiger partial charge is 0.482 e. The van der Waals surface area contributed by atoms with Crippen LogP contribution in [0, 0.1) is 6.92 Å². The topological polar surface area (TPSA) is 64.6 Å². The summed E-state index contributed by atoms with van der Waals surface area (Å²) in [5.41, 5.74) is 3.22. The summed E-state index contributed by atoms with van der Waals surface area (Å²) in [6.07, 6.45) is 0. The highest BCUT2D eigenvalue weighted by Gasteiger charge is 2.22. The number of esters is 1. The van der Waals surface area contributed by atoms with Gasteiger partial charge in [-0.15, -0.1) is 23.5 Å². The summed E-state index contributed by atoms with van der Waals surface area (Å²) in [4.78, 5) is 23.8. The maximum Gasteiger partial charge on any atom is 0.344 e. The number of benzene rings is 2. The first-order valence-corrected chi connectivity index (χ1v) is 11.1. The molecule has 0 aromatic heterocycles. The van der Waals surface area contributed by atoms with Crippen LogP contribution in [0.15, 0.2) is 48.5 Å². The Balaban J connectivity index is 1.41. The Hall–Kier alpha value is -2.12. The number of amides is 1. The van der Waals surface area contributed by atoms with E-state index in [9.17, 15) is 9.59 Å². The van der Waals surface area contributed by atoms with Gasteiger partial charge in [0.2, 0.25) is 0 Å². The highest BCUT2D eigenvalue weighted by Crippen LogP contribution is 2.48. The second-order valence-electron chi connectivity index (χ2n) is 6.26. The molecule has 1 saturated heterocycles. The van der Waals surface area contributed by atoms with Gasteiger partial charge in [-0.2, -0.15) is 0 Å². The number of para-hydroxylation sites is 1. The molecule has 0 spiro atoms. The van der Waals surface area contributed by atoms with E-state index in [4.69, 9.17) is 9.47 Å². The van der Waals surface area contributed by atoms with Gasteiger partial charge in [-0.25, -0.2) is 4.79 Å². The SMILES string of the molecule is Cc1ccccc1CNC(=O)COC(=O)COc1ccccc1C1SCCS1. The zero-order valence-electron chi connectivity index (χ0n) is 15.7. The van der Waals surface area contributed by atoms with Gasteiger partial charge in [-0.1, -0.05) is 42.5 Å². The van der Waals surface area contributed by atoms with Crippen LogP contribution in [0.1, 0.15) is 21.3 Å². The van der Waals surface area contributed by atoms with Gasteiger partial charge < -0.3 is 14.8 Å². The zero-order chi connectivity index (χ0) is 19.8. The maximum atomic E-state index is 11.9. The molecule has 7 heteroatoms. The number of carbonyl (C=O) groups is 2. The summed E-state index contributed by atoms with van der Waals surface area (Å²) < 4.78 is 11.0. The predicted octanol–water partition coefficient (Wildman–Crippen LogP) is 3.71. The van der Waals surface area contributed by atoms with Gasteiger partial charge in [0.1, 0.15) is 5.75 Å². The van der Waals surface area contributed by atoms with Crippen molar-refractivity contribution >= 4 is 35.4 Å². The molecule has 0 aliphatic carbocycles. The van der Waals surface area contributed by atoms with Gasteiger partial charge in [0, 0.05) is 23.6 Å². The van der Waals surface area contributed by atoms with Crippen LogP contribution in [0.3, 0.4) is 0 Å². The third-order valence-electron chi connectivity index (χ3n) is 4.24.